The molecule has 0 amide bonds. The van der Waals surface area contributed by atoms with Crippen LogP contribution in [-0.4, -0.2) is 29.2 Å². The van der Waals surface area contributed by atoms with Crippen LogP contribution in [0.1, 0.15) is 12.0 Å². The Hall–Kier alpha value is -2.76. The van der Waals surface area contributed by atoms with Gasteiger partial charge in [-0.25, -0.2) is 0 Å². The SMILES string of the molecule is N/C(=N/O)c1ccncc1N1CCCOc2ccccc21. The number of oxime groups is 1. The minimum Gasteiger partial charge on any atom is -0.491 e. The summed E-state index contributed by atoms with van der Waals surface area (Å²) < 4.78 is 5.75. The van der Waals surface area contributed by atoms with E-state index in [9.17, 15) is 0 Å². The Bertz CT molecular complexity index is 672. The van der Waals surface area contributed by atoms with Gasteiger partial charge in [0, 0.05) is 18.3 Å². The van der Waals surface area contributed by atoms with Gasteiger partial charge in [0.15, 0.2) is 5.84 Å². The Morgan fingerprint density at radius 2 is 2.14 bits per heavy atom. The zero-order chi connectivity index (χ0) is 14.7. The number of para-hydroxylation sites is 2. The lowest BCUT2D eigenvalue weighted by molar-refractivity contribution is 0.318. The molecule has 1 aliphatic rings. The number of ether oxygens (including phenoxy) is 1. The fourth-order valence-corrected chi connectivity index (χ4v) is 2.45. The largest absolute Gasteiger partial charge is 0.491 e. The van der Waals surface area contributed by atoms with Crippen LogP contribution >= 0.6 is 0 Å². The maximum absolute atomic E-state index is 8.96. The van der Waals surface area contributed by atoms with E-state index < -0.39 is 0 Å². The van der Waals surface area contributed by atoms with Crippen LogP contribution < -0.4 is 15.4 Å². The number of fused-ring (bicyclic) bond motifs is 1. The molecule has 108 valence electrons. The zero-order valence-corrected chi connectivity index (χ0v) is 11.4. The molecule has 3 rings (SSSR count). The molecule has 6 nitrogen and oxygen atoms in total. The highest BCUT2D eigenvalue weighted by molar-refractivity contribution is 6.02. The lowest BCUT2D eigenvalue weighted by Crippen LogP contribution is -2.23. The molecule has 1 aromatic heterocycles. The fourth-order valence-electron chi connectivity index (χ4n) is 2.45. The quantitative estimate of drug-likeness (QED) is 0.382. The first-order chi connectivity index (χ1) is 10.3. The van der Waals surface area contributed by atoms with Gasteiger partial charge in [-0.05, 0) is 24.6 Å². The molecule has 0 unspecified atom stereocenters. The predicted molar refractivity (Wildman–Crippen MR) is 80.3 cm³/mol. The van der Waals surface area contributed by atoms with Crippen LogP contribution in [0.5, 0.6) is 5.75 Å². The number of amidine groups is 1. The van der Waals surface area contributed by atoms with Crippen LogP contribution in [-0.2, 0) is 0 Å². The van der Waals surface area contributed by atoms with Crippen LogP contribution in [0.2, 0.25) is 0 Å². The summed E-state index contributed by atoms with van der Waals surface area (Å²) >= 11 is 0. The van der Waals surface area contributed by atoms with Crippen LogP contribution in [0, 0.1) is 0 Å². The van der Waals surface area contributed by atoms with Gasteiger partial charge in [-0.3, -0.25) is 4.98 Å². The Labute approximate surface area is 122 Å². The van der Waals surface area contributed by atoms with E-state index in [-0.39, 0.29) is 5.84 Å². The Morgan fingerprint density at radius 3 is 3.00 bits per heavy atom. The number of nitrogens with two attached hydrogens (primary N) is 1. The highest BCUT2D eigenvalue weighted by Gasteiger charge is 2.21. The molecular formula is C15H16N4O2. The Balaban J connectivity index is 2.13. The molecule has 21 heavy (non-hydrogen) atoms. The molecule has 3 N–H and O–H groups in total. The first kappa shape index (κ1) is 13.2. The summed E-state index contributed by atoms with van der Waals surface area (Å²) in [4.78, 5) is 6.25. The summed E-state index contributed by atoms with van der Waals surface area (Å²) in [6.45, 7) is 1.43. The molecule has 0 bridgehead atoms. The topological polar surface area (TPSA) is 84.0 Å². The second-order valence-electron chi connectivity index (χ2n) is 4.70. The molecule has 1 aliphatic heterocycles. The van der Waals surface area contributed by atoms with Crippen molar-refractivity contribution in [3.05, 3.63) is 48.3 Å². The lowest BCUT2D eigenvalue weighted by Gasteiger charge is -2.25. The van der Waals surface area contributed by atoms with Crippen molar-refractivity contribution in [1.29, 1.82) is 0 Å². The molecular weight excluding hydrogens is 268 g/mol. The second-order valence-corrected chi connectivity index (χ2v) is 4.70. The summed E-state index contributed by atoms with van der Waals surface area (Å²) in [5.74, 6) is 0.888. The third-order valence-corrected chi connectivity index (χ3v) is 3.41. The zero-order valence-electron chi connectivity index (χ0n) is 11.4. The van der Waals surface area contributed by atoms with E-state index in [0.29, 0.717) is 12.2 Å². The number of pyridine rings is 1. The van der Waals surface area contributed by atoms with Crippen molar-refractivity contribution in [3.8, 4) is 5.75 Å². The average Bonchev–Trinajstić information content (AvgIpc) is 2.76. The van der Waals surface area contributed by atoms with Gasteiger partial charge < -0.3 is 20.6 Å². The molecule has 1 aromatic carbocycles. The third-order valence-electron chi connectivity index (χ3n) is 3.41. The first-order valence-electron chi connectivity index (χ1n) is 6.72. The molecule has 0 radical (unpaired) electrons. The molecule has 0 saturated heterocycles. The van der Waals surface area contributed by atoms with Gasteiger partial charge in [0.1, 0.15) is 5.75 Å². The van der Waals surface area contributed by atoms with Crippen LogP contribution in [0.3, 0.4) is 0 Å². The van der Waals surface area contributed by atoms with E-state index in [2.05, 4.69) is 15.0 Å². The van der Waals surface area contributed by atoms with Gasteiger partial charge in [-0.1, -0.05) is 17.3 Å². The van der Waals surface area contributed by atoms with Gasteiger partial charge in [0.05, 0.1) is 24.2 Å². The molecule has 6 heteroatoms. The summed E-state index contributed by atoms with van der Waals surface area (Å²) in [5, 5.41) is 12.1. The van der Waals surface area contributed by atoms with Crippen molar-refractivity contribution in [2.45, 2.75) is 6.42 Å². The van der Waals surface area contributed by atoms with E-state index in [1.807, 2.05) is 24.3 Å². The van der Waals surface area contributed by atoms with Crippen LogP contribution in [0.25, 0.3) is 0 Å². The van der Waals surface area contributed by atoms with E-state index in [1.165, 1.54) is 0 Å². The average molecular weight is 284 g/mol. The number of aromatic nitrogens is 1. The van der Waals surface area contributed by atoms with Crippen molar-refractivity contribution in [3.63, 3.8) is 0 Å². The van der Waals surface area contributed by atoms with Crippen molar-refractivity contribution in [2.24, 2.45) is 10.9 Å². The van der Waals surface area contributed by atoms with Crippen LogP contribution in [0.4, 0.5) is 11.4 Å². The molecule has 0 atom stereocenters. The Morgan fingerprint density at radius 1 is 1.29 bits per heavy atom. The molecule has 2 aromatic rings. The van der Waals surface area contributed by atoms with E-state index in [1.54, 1.807) is 18.5 Å². The number of hydrogen-bond donors (Lipinski definition) is 2. The van der Waals surface area contributed by atoms with Gasteiger partial charge in [0.2, 0.25) is 0 Å². The van der Waals surface area contributed by atoms with E-state index in [4.69, 9.17) is 15.7 Å². The van der Waals surface area contributed by atoms with Crippen molar-refractivity contribution in [1.82, 2.24) is 4.98 Å². The number of rotatable bonds is 2. The summed E-state index contributed by atoms with van der Waals surface area (Å²) in [6.07, 6.45) is 4.21. The van der Waals surface area contributed by atoms with Gasteiger partial charge in [0.25, 0.3) is 0 Å². The van der Waals surface area contributed by atoms with Crippen LogP contribution in [0.15, 0.2) is 47.9 Å². The molecule has 0 spiro atoms. The van der Waals surface area contributed by atoms with Crippen molar-refractivity contribution >= 4 is 17.2 Å². The monoisotopic (exact) mass is 284 g/mol. The highest BCUT2D eigenvalue weighted by atomic mass is 16.5. The van der Waals surface area contributed by atoms with Gasteiger partial charge in [-0.15, -0.1) is 0 Å². The number of anilines is 2. The standard InChI is InChI=1S/C15H16N4O2/c16-15(18-20)11-6-7-17-10-13(11)19-8-3-9-21-14-5-2-1-4-12(14)19/h1-2,4-7,10,20H,3,8-9H2,(H2,16,18). The minimum atomic E-state index is 0.0649. The normalized spacial score (nSPS) is 15.0. The number of hydrogen-bond acceptors (Lipinski definition) is 5. The summed E-state index contributed by atoms with van der Waals surface area (Å²) in [7, 11) is 0. The lowest BCUT2D eigenvalue weighted by atomic mass is 10.1. The smallest absolute Gasteiger partial charge is 0.172 e. The van der Waals surface area contributed by atoms with Gasteiger partial charge >= 0.3 is 0 Å². The maximum atomic E-state index is 8.96. The summed E-state index contributed by atoms with van der Waals surface area (Å²) in [6, 6.07) is 9.56. The highest BCUT2D eigenvalue weighted by Crippen LogP contribution is 2.36. The van der Waals surface area contributed by atoms with Crippen molar-refractivity contribution in [2.75, 3.05) is 18.1 Å². The third kappa shape index (κ3) is 2.47. The minimum absolute atomic E-state index is 0.0649. The Kier molecular flexibility index (Phi) is 3.59. The predicted octanol–water partition coefficient (Wildman–Crippen LogP) is 2.10. The van der Waals surface area contributed by atoms with E-state index in [0.717, 1.165) is 30.1 Å². The number of benzene rings is 1. The number of nitrogens with zero attached hydrogens (tertiary/aromatic N) is 3. The fraction of sp³-hybridized carbons (Fsp3) is 0.200. The molecule has 0 saturated carbocycles. The van der Waals surface area contributed by atoms with Crippen molar-refractivity contribution < 1.29 is 9.94 Å². The summed E-state index contributed by atoms with van der Waals surface area (Å²) in [5.41, 5.74) is 8.17. The first-order valence-corrected chi connectivity index (χ1v) is 6.72. The maximum Gasteiger partial charge on any atom is 0.172 e. The second kappa shape index (κ2) is 5.70. The molecule has 0 fully saturated rings. The molecule has 2 heterocycles. The molecule has 0 aliphatic carbocycles. The van der Waals surface area contributed by atoms with E-state index >= 15 is 0 Å². The van der Waals surface area contributed by atoms with Gasteiger partial charge in [-0.2, -0.15) is 0 Å².